The van der Waals surface area contributed by atoms with Crippen LogP contribution in [-0.2, 0) is 0 Å². The molecule has 0 radical (unpaired) electrons. The van der Waals surface area contributed by atoms with E-state index in [0.717, 1.165) is 0 Å². The number of aromatic nitrogens is 1. The highest BCUT2D eigenvalue weighted by Crippen LogP contribution is 2.26. The number of oxazole rings is 1. The van der Waals surface area contributed by atoms with Crippen LogP contribution >= 0.6 is 12.2 Å². The van der Waals surface area contributed by atoms with E-state index in [1.165, 1.54) is 12.1 Å². The Morgan fingerprint density at radius 3 is 2.85 bits per heavy atom. The monoisotopic (exact) mass is 201 g/mol. The lowest BCUT2D eigenvalue weighted by Crippen LogP contribution is -1.84. The molecule has 5 heteroatoms. The summed E-state index contributed by atoms with van der Waals surface area (Å²) in [7, 11) is 0. The van der Waals surface area contributed by atoms with Gasteiger partial charge in [-0.25, -0.2) is 8.78 Å². The van der Waals surface area contributed by atoms with Gasteiger partial charge in [0.1, 0.15) is 0 Å². The summed E-state index contributed by atoms with van der Waals surface area (Å²) in [5.74, 6) is 0. The average molecular weight is 201 g/mol. The zero-order valence-electron chi connectivity index (χ0n) is 6.38. The molecular formula is C8H5F2NOS. The molecule has 1 N–H and O–H groups in total. The highest BCUT2D eigenvalue weighted by Gasteiger charge is 2.13. The van der Waals surface area contributed by atoms with Crippen LogP contribution in [0.3, 0.4) is 0 Å². The molecule has 0 bridgehead atoms. The van der Waals surface area contributed by atoms with Crippen LogP contribution in [0.1, 0.15) is 12.0 Å². The highest BCUT2D eigenvalue weighted by molar-refractivity contribution is 7.71. The molecule has 1 heterocycles. The highest BCUT2D eigenvalue weighted by atomic mass is 32.1. The van der Waals surface area contributed by atoms with Gasteiger partial charge in [0.15, 0.2) is 5.58 Å². The van der Waals surface area contributed by atoms with Crippen molar-refractivity contribution in [3.63, 3.8) is 0 Å². The van der Waals surface area contributed by atoms with Crippen molar-refractivity contribution in [1.29, 1.82) is 0 Å². The molecule has 0 spiro atoms. The van der Waals surface area contributed by atoms with Crippen LogP contribution in [-0.4, -0.2) is 4.98 Å². The zero-order chi connectivity index (χ0) is 9.42. The van der Waals surface area contributed by atoms with Crippen LogP contribution in [0, 0.1) is 4.84 Å². The first-order valence-corrected chi connectivity index (χ1v) is 3.99. The van der Waals surface area contributed by atoms with Crippen LogP contribution in [0.25, 0.3) is 11.1 Å². The number of hydrogen-bond acceptors (Lipinski definition) is 2. The minimum Gasteiger partial charge on any atom is -0.429 e. The minimum atomic E-state index is -2.52. The molecule has 0 fully saturated rings. The summed E-state index contributed by atoms with van der Waals surface area (Å²) in [6, 6.07) is 4.44. The van der Waals surface area contributed by atoms with Crippen molar-refractivity contribution in [3.8, 4) is 0 Å². The molecule has 0 saturated heterocycles. The number of fused-ring (bicyclic) bond motifs is 1. The van der Waals surface area contributed by atoms with Crippen molar-refractivity contribution in [2.75, 3.05) is 0 Å². The lowest BCUT2D eigenvalue weighted by atomic mass is 10.2. The Labute approximate surface area is 77.2 Å². The molecule has 13 heavy (non-hydrogen) atoms. The summed E-state index contributed by atoms with van der Waals surface area (Å²) in [5.41, 5.74) is 0.558. The Bertz CT molecular complexity index is 488. The van der Waals surface area contributed by atoms with Gasteiger partial charge in [0.2, 0.25) is 0 Å². The van der Waals surface area contributed by atoms with Gasteiger partial charge in [-0.3, -0.25) is 0 Å². The van der Waals surface area contributed by atoms with Crippen LogP contribution in [0.5, 0.6) is 0 Å². The molecule has 0 aliphatic rings. The first kappa shape index (κ1) is 8.37. The molecule has 0 atom stereocenters. The first-order chi connectivity index (χ1) is 6.18. The van der Waals surface area contributed by atoms with Crippen molar-refractivity contribution in [3.05, 3.63) is 28.6 Å². The number of rotatable bonds is 1. The fourth-order valence-electron chi connectivity index (χ4n) is 1.18. The van der Waals surface area contributed by atoms with Crippen molar-refractivity contribution in [2.45, 2.75) is 6.43 Å². The number of aromatic amines is 1. The van der Waals surface area contributed by atoms with Crippen molar-refractivity contribution in [1.82, 2.24) is 4.98 Å². The molecule has 1 aromatic heterocycles. The molecular weight excluding hydrogens is 196 g/mol. The number of H-pyrrole nitrogens is 1. The molecule has 0 aliphatic carbocycles. The number of nitrogens with one attached hydrogen (secondary N) is 1. The maximum absolute atomic E-state index is 12.4. The molecule has 0 amide bonds. The topological polar surface area (TPSA) is 28.9 Å². The van der Waals surface area contributed by atoms with E-state index in [0.29, 0.717) is 5.58 Å². The van der Waals surface area contributed by atoms with Gasteiger partial charge in [-0.15, -0.1) is 0 Å². The fourth-order valence-corrected chi connectivity index (χ4v) is 1.37. The second kappa shape index (κ2) is 2.92. The molecule has 1 aromatic carbocycles. The predicted octanol–water partition coefficient (Wildman–Crippen LogP) is 3.43. The summed E-state index contributed by atoms with van der Waals surface area (Å²) in [6.45, 7) is 0. The first-order valence-electron chi connectivity index (χ1n) is 3.58. The molecule has 2 aromatic rings. The Kier molecular flexibility index (Phi) is 1.88. The summed E-state index contributed by atoms with van der Waals surface area (Å²) >= 11 is 4.69. The molecule has 2 rings (SSSR count). The van der Waals surface area contributed by atoms with Gasteiger partial charge in [-0.2, -0.15) is 0 Å². The lowest BCUT2D eigenvalue weighted by Gasteiger charge is -1.98. The van der Waals surface area contributed by atoms with Gasteiger partial charge in [-0.05, 0) is 18.3 Å². The number of hydrogen-bond donors (Lipinski definition) is 1. The molecule has 68 valence electrons. The Morgan fingerprint density at radius 2 is 2.15 bits per heavy atom. The number of alkyl halides is 2. The summed E-state index contributed by atoms with van der Waals surface area (Å²) in [4.78, 5) is 2.69. The maximum atomic E-state index is 12.4. The molecule has 0 unspecified atom stereocenters. The zero-order valence-corrected chi connectivity index (χ0v) is 7.20. The van der Waals surface area contributed by atoms with E-state index in [4.69, 9.17) is 16.6 Å². The van der Waals surface area contributed by atoms with Crippen LogP contribution in [0.15, 0.2) is 22.6 Å². The molecule has 2 nitrogen and oxygen atoms in total. The van der Waals surface area contributed by atoms with E-state index >= 15 is 0 Å². The SMILES string of the molecule is FC(F)c1cccc2oc(=S)[nH]c12. The number of para-hydroxylation sites is 1. The van der Waals surface area contributed by atoms with Crippen molar-refractivity contribution in [2.24, 2.45) is 0 Å². The molecule has 0 aliphatic heterocycles. The van der Waals surface area contributed by atoms with E-state index in [9.17, 15) is 8.78 Å². The standard InChI is InChI=1S/C8H5F2NOS/c9-7(10)4-2-1-3-5-6(4)11-8(13)12-5/h1-3,7H,(H,11,13). The predicted molar refractivity (Wildman–Crippen MR) is 46.4 cm³/mol. The van der Waals surface area contributed by atoms with Gasteiger partial charge >= 0.3 is 0 Å². The second-order valence-corrected chi connectivity index (χ2v) is 2.91. The largest absolute Gasteiger partial charge is 0.429 e. The third-order valence-corrected chi connectivity index (χ3v) is 1.91. The maximum Gasteiger partial charge on any atom is 0.266 e. The van der Waals surface area contributed by atoms with E-state index in [1.54, 1.807) is 6.07 Å². The van der Waals surface area contributed by atoms with Crippen LogP contribution in [0.4, 0.5) is 8.78 Å². The third-order valence-electron chi connectivity index (χ3n) is 1.72. The van der Waals surface area contributed by atoms with Crippen LogP contribution in [0.2, 0.25) is 0 Å². The Balaban J connectivity index is 2.82. The van der Waals surface area contributed by atoms with Gasteiger partial charge in [0, 0.05) is 5.56 Å². The summed E-state index contributed by atoms with van der Waals surface area (Å²) in [5, 5.41) is 0. The number of benzene rings is 1. The molecule has 0 saturated carbocycles. The number of halogens is 2. The normalized spacial score (nSPS) is 11.3. The van der Waals surface area contributed by atoms with Gasteiger partial charge in [-0.1, -0.05) is 12.1 Å². The van der Waals surface area contributed by atoms with Gasteiger partial charge < -0.3 is 9.40 Å². The van der Waals surface area contributed by atoms with Gasteiger partial charge in [0.25, 0.3) is 11.3 Å². The Morgan fingerprint density at radius 1 is 1.38 bits per heavy atom. The third kappa shape index (κ3) is 1.35. The minimum absolute atomic E-state index is 0.0858. The quantitative estimate of drug-likeness (QED) is 0.716. The van der Waals surface area contributed by atoms with Crippen LogP contribution < -0.4 is 0 Å². The van der Waals surface area contributed by atoms with Crippen molar-refractivity contribution >= 4 is 23.3 Å². The van der Waals surface area contributed by atoms with E-state index in [2.05, 4.69) is 4.98 Å². The van der Waals surface area contributed by atoms with E-state index < -0.39 is 6.43 Å². The van der Waals surface area contributed by atoms with Crippen molar-refractivity contribution < 1.29 is 13.2 Å². The van der Waals surface area contributed by atoms with E-state index in [1.807, 2.05) is 0 Å². The average Bonchev–Trinajstić information content (AvgIpc) is 2.43. The Hall–Kier alpha value is -1.23. The van der Waals surface area contributed by atoms with E-state index in [-0.39, 0.29) is 15.9 Å². The fraction of sp³-hybridized carbons (Fsp3) is 0.125. The second-order valence-electron chi connectivity index (χ2n) is 2.54. The lowest BCUT2D eigenvalue weighted by molar-refractivity contribution is 0.153. The summed E-state index contributed by atoms with van der Waals surface area (Å²) < 4.78 is 29.8. The van der Waals surface area contributed by atoms with Gasteiger partial charge in [0.05, 0.1) is 5.52 Å². The summed E-state index contributed by atoms with van der Waals surface area (Å²) in [6.07, 6.45) is -2.52. The smallest absolute Gasteiger partial charge is 0.266 e.